The Kier molecular flexibility index (Phi) is 2.72. The summed E-state index contributed by atoms with van der Waals surface area (Å²) in [5.41, 5.74) is 3.29. The van der Waals surface area contributed by atoms with Crippen LogP contribution in [-0.2, 0) is 6.42 Å². The second kappa shape index (κ2) is 4.60. The Morgan fingerprint density at radius 1 is 1.19 bits per heavy atom. The average Bonchev–Trinajstić information content (AvgIpc) is 2.93. The fraction of sp³-hybridized carbons (Fsp3) is 0.125. The number of aromatic nitrogens is 2. The number of hydrogen-bond donors (Lipinski definition) is 1. The Morgan fingerprint density at radius 3 is 2.86 bits per heavy atom. The second-order valence-corrected chi connectivity index (χ2v) is 5.49. The molecular formula is C16H11ClN2O2. The zero-order valence-electron chi connectivity index (χ0n) is 11.0. The number of rotatable bonds is 2. The van der Waals surface area contributed by atoms with Crippen molar-refractivity contribution in [2.24, 2.45) is 0 Å². The molecule has 0 amide bonds. The van der Waals surface area contributed by atoms with Crippen LogP contribution in [0.1, 0.15) is 22.9 Å². The first kappa shape index (κ1) is 12.4. The summed E-state index contributed by atoms with van der Waals surface area (Å²) in [6.07, 6.45) is 0.936. The van der Waals surface area contributed by atoms with E-state index < -0.39 is 0 Å². The van der Waals surface area contributed by atoms with Crippen LogP contribution in [0.15, 0.2) is 47.0 Å². The van der Waals surface area contributed by atoms with Gasteiger partial charge in [0.05, 0.1) is 10.9 Å². The maximum absolute atomic E-state index is 9.44. The van der Waals surface area contributed by atoms with Crippen molar-refractivity contribution in [1.82, 2.24) is 10.1 Å². The number of halogens is 1. The summed E-state index contributed by atoms with van der Waals surface area (Å²) in [5.74, 6) is 1.34. The lowest BCUT2D eigenvalue weighted by atomic mass is 9.77. The van der Waals surface area contributed by atoms with Crippen molar-refractivity contribution in [2.75, 3.05) is 0 Å². The fourth-order valence-electron chi connectivity index (χ4n) is 2.62. The molecule has 21 heavy (non-hydrogen) atoms. The summed E-state index contributed by atoms with van der Waals surface area (Å²) >= 11 is 5.90. The van der Waals surface area contributed by atoms with E-state index in [-0.39, 0.29) is 16.7 Å². The molecular weight excluding hydrogens is 288 g/mol. The van der Waals surface area contributed by atoms with Gasteiger partial charge in [-0.2, -0.15) is 4.98 Å². The molecule has 4 nitrogen and oxygen atoms in total. The van der Waals surface area contributed by atoms with Crippen LogP contribution in [0, 0.1) is 0 Å². The van der Waals surface area contributed by atoms with Crippen LogP contribution < -0.4 is 0 Å². The van der Waals surface area contributed by atoms with Gasteiger partial charge in [0.15, 0.2) is 5.82 Å². The molecule has 0 spiro atoms. The van der Waals surface area contributed by atoms with Gasteiger partial charge >= 0.3 is 0 Å². The molecule has 0 saturated carbocycles. The summed E-state index contributed by atoms with van der Waals surface area (Å²) in [7, 11) is 0. The molecule has 1 aliphatic rings. The van der Waals surface area contributed by atoms with Crippen LogP contribution in [0.5, 0.6) is 5.75 Å². The third kappa shape index (κ3) is 1.99. The van der Waals surface area contributed by atoms with Crippen LogP contribution in [0.4, 0.5) is 0 Å². The van der Waals surface area contributed by atoms with Gasteiger partial charge in [-0.05, 0) is 35.7 Å². The van der Waals surface area contributed by atoms with Crippen molar-refractivity contribution in [3.63, 3.8) is 0 Å². The molecule has 0 aliphatic heterocycles. The predicted molar refractivity (Wildman–Crippen MR) is 78.4 cm³/mol. The van der Waals surface area contributed by atoms with Crippen molar-refractivity contribution < 1.29 is 9.63 Å². The largest absolute Gasteiger partial charge is 0.506 e. The van der Waals surface area contributed by atoms with Crippen molar-refractivity contribution in [3.8, 4) is 17.2 Å². The van der Waals surface area contributed by atoms with Crippen LogP contribution in [0.25, 0.3) is 11.5 Å². The third-order valence-corrected chi connectivity index (χ3v) is 4.11. The average molecular weight is 299 g/mol. The number of benzene rings is 2. The number of fused-ring (bicyclic) bond motifs is 1. The Labute approximate surface area is 126 Å². The van der Waals surface area contributed by atoms with E-state index in [4.69, 9.17) is 16.1 Å². The predicted octanol–water partition coefficient (Wildman–Crippen LogP) is 3.78. The van der Waals surface area contributed by atoms with Crippen molar-refractivity contribution in [1.29, 1.82) is 0 Å². The number of nitrogens with zero attached hydrogens (tertiary/aromatic N) is 2. The summed E-state index contributed by atoms with van der Waals surface area (Å²) in [6.45, 7) is 0. The van der Waals surface area contributed by atoms with E-state index in [0.29, 0.717) is 17.3 Å². The molecule has 0 radical (unpaired) electrons. The van der Waals surface area contributed by atoms with E-state index in [1.54, 1.807) is 12.1 Å². The topological polar surface area (TPSA) is 59.2 Å². The molecule has 1 aromatic heterocycles. The van der Waals surface area contributed by atoms with Gasteiger partial charge in [0.1, 0.15) is 5.75 Å². The monoisotopic (exact) mass is 298 g/mol. The zero-order chi connectivity index (χ0) is 14.4. The number of hydrogen-bond acceptors (Lipinski definition) is 4. The molecule has 5 heteroatoms. The van der Waals surface area contributed by atoms with Gasteiger partial charge in [0.2, 0.25) is 0 Å². The van der Waals surface area contributed by atoms with Crippen LogP contribution in [-0.4, -0.2) is 15.2 Å². The lowest BCUT2D eigenvalue weighted by Gasteiger charge is -2.27. The summed E-state index contributed by atoms with van der Waals surface area (Å²) in [6, 6.07) is 13.1. The summed E-state index contributed by atoms with van der Waals surface area (Å²) < 4.78 is 5.32. The van der Waals surface area contributed by atoms with E-state index in [1.807, 2.05) is 12.1 Å². The molecule has 3 aromatic rings. The number of phenolic OH excluding ortho intramolecular Hbond substituents is 1. The minimum atomic E-state index is 0.0353. The zero-order valence-corrected chi connectivity index (χ0v) is 11.7. The normalized spacial score (nSPS) is 16.3. The molecule has 4 rings (SSSR count). The Morgan fingerprint density at radius 2 is 2.05 bits per heavy atom. The van der Waals surface area contributed by atoms with Crippen molar-refractivity contribution in [2.45, 2.75) is 12.3 Å². The number of phenols is 1. The molecule has 0 bridgehead atoms. The van der Waals surface area contributed by atoms with Crippen molar-refractivity contribution in [3.05, 3.63) is 64.4 Å². The van der Waals surface area contributed by atoms with Gasteiger partial charge in [-0.1, -0.05) is 41.0 Å². The molecule has 2 aromatic carbocycles. The van der Waals surface area contributed by atoms with E-state index in [1.165, 1.54) is 17.2 Å². The van der Waals surface area contributed by atoms with Gasteiger partial charge in [-0.25, -0.2) is 0 Å². The highest BCUT2D eigenvalue weighted by Crippen LogP contribution is 2.39. The van der Waals surface area contributed by atoms with E-state index in [0.717, 1.165) is 6.42 Å². The van der Waals surface area contributed by atoms with Crippen LogP contribution in [0.2, 0.25) is 5.02 Å². The lowest BCUT2D eigenvalue weighted by Crippen LogP contribution is -2.19. The maximum Gasteiger partial charge on any atom is 0.257 e. The van der Waals surface area contributed by atoms with Crippen LogP contribution >= 0.6 is 11.6 Å². The van der Waals surface area contributed by atoms with Gasteiger partial charge in [-0.15, -0.1) is 0 Å². The quantitative estimate of drug-likeness (QED) is 0.782. The molecule has 0 fully saturated rings. The van der Waals surface area contributed by atoms with E-state index >= 15 is 0 Å². The molecule has 0 saturated heterocycles. The molecule has 1 aliphatic carbocycles. The first-order valence-corrected chi connectivity index (χ1v) is 7.00. The number of aromatic hydroxyl groups is 1. The molecule has 104 valence electrons. The minimum absolute atomic E-state index is 0.0353. The Hall–Kier alpha value is -2.33. The van der Waals surface area contributed by atoms with Gasteiger partial charge in [-0.3, -0.25) is 0 Å². The summed E-state index contributed by atoms with van der Waals surface area (Å²) in [4.78, 5) is 4.45. The maximum atomic E-state index is 9.44. The SMILES string of the molecule is Oc1ccc(-c2nc(C3Cc4ccccc43)no2)cc1Cl. The van der Waals surface area contributed by atoms with E-state index in [2.05, 4.69) is 22.3 Å². The second-order valence-electron chi connectivity index (χ2n) is 5.08. The highest BCUT2D eigenvalue weighted by molar-refractivity contribution is 6.32. The highest BCUT2D eigenvalue weighted by Gasteiger charge is 2.31. The Balaban J connectivity index is 1.66. The van der Waals surface area contributed by atoms with Crippen LogP contribution in [0.3, 0.4) is 0 Å². The van der Waals surface area contributed by atoms with Gasteiger partial charge in [0.25, 0.3) is 5.89 Å². The summed E-state index contributed by atoms with van der Waals surface area (Å²) in [5, 5.41) is 13.8. The molecule has 1 atom stereocenters. The molecule has 1 heterocycles. The molecule has 1 N–H and O–H groups in total. The Bertz CT molecular complexity index is 829. The first-order valence-electron chi connectivity index (χ1n) is 6.62. The smallest absolute Gasteiger partial charge is 0.257 e. The van der Waals surface area contributed by atoms with Crippen molar-refractivity contribution >= 4 is 11.6 Å². The fourth-order valence-corrected chi connectivity index (χ4v) is 2.80. The third-order valence-electron chi connectivity index (χ3n) is 3.80. The van der Waals surface area contributed by atoms with Gasteiger partial charge in [0, 0.05) is 5.56 Å². The molecule has 1 unspecified atom stereocenters. The minimum Gasteiger partial charge on any atom is -0.506 e. The first-order chi connectivity index (χ1) is 10.2. The highest BCUT2D eigenvalue weighted by atomic mass is 35.5. The lowest BCUT2D eigenvalue weighted by molar-refractivity contribution is 0.416. The standard InChI is InChI=1S/C16H11ClN2O2/c17-13-8-10(5-6-14(13)20)16-18-15(19-21-16)12-7-9-3-1-2-4-11(9)12/h1-6,8,12,20H,7H2. The van der Waals surface area contributed by atoms with Gasteiger partial charge < -0.3 is 9.63 Å². The van der Waals surface area contributed by atoms with E-state index in [9.17, 15) is 5.11 Å².